The van der Waals surface area contributed by atoms with Crippen molar-refractivity contribution in [3.63, 3.8) is 0 Å². The number of hydrogen-bond acceptors (Lipinski definition) is 3. The van der Waals surface area contributed by atoms with E-state index in [1.54, 1.807) is 6.07 Å². The van der Waals surface area contributed by atoms with Crippen LogP contribution in [0, 0.1) is 0 Å². The summed E-state index contributed by atoms with van der Waals surface area (Å²) in [6.07, 6.45) is 5.15. The van der Waals surface area contributed by atoms with Gasteiger partial charge in [-0.3, -0.25) is 4.79 Å². The smallest absolute Gasteiger partial charge is 0.291 e. The lowest BCUT2D eigenvalue weighted by atomic mass is 10.2. The van der Waals surface area contributed by atoms with Crippen molar-refractivity contribution in [2.75, 3.05) is 23.3 Å². The lowest BCUT2D eigenvalue weighted by molar-refractivity contribution is 0.0998. The van der Waals surface area contributed by atoms with E-state index >= 15 is 0 Å². The van der Waals surface area contributed by atoms with Crippen molar-refractivity contribution in [3.8, 4) is 0 Å². The Hall–Kier alpha value is -2.75. The van der Waals surface area contributed by atoms with E-state index < -0.39 is 0 Å². The number of para-hydroxylation sites is 1. The molecule has 1 aliphatic rings. The highest BCUT2D eigenvalue weighted by atomic mass is 16.3. The first-order valence-electron chi connectivity index (χ1n) is 8.94. The minimum atomic E-state index is -0.223. The van der Waals surface area contributed by atoms with Crippen LogP contribution in [0.4, 0.5) is 11.4 Å². The quantitative estimate of drug-likeness (QED) is 0.728. The van der Waals surface area contributed by atoms with Gasteiger partial charge in [0.15, 0.2) is 5.76 Å². The van der Waals surface area contributed by atoms with Crippen LogP contribution in [0.1, 0.15) is 36.2 Å². The summed E-state index contributed by atoms with van der Waals surface area (Å²) >= 11 is 0. The molecule has 2 aromatic carbocycles. The average molecular weight is 334 g/mol. The molecular weight excluding hydrogens is 312 g/mol. The van der Waals surface area contributed by atoms with Gasteiger partial charge in [0.2, 0.25) is 0 Å². The molecule has 128 valence electrons. The van der Waals surface area contributed by atoms with E-state index in [2.05, 4.69) is 22.3 Å². The molecule has 0 atom stereocenters. The third kappa shape index (κ3) is 3.53. The number of amides is 1. The van der Waals surface area contributed by atoms with Crippen molar-refractivity contribution < 1.29 is 9.21 Å². The number of furan rings is 1. The third-order valence-corrected chi connectivity index (χ3v) is 4.75. The first-order chi connectivity index (χ1) is 12.3. The van der Waals surface area contributed by atoms with E-state index in [4.69, 9.17) is 4.42 Å². The molecule has 0 saturated carbocycles. The fourth-order valence-electron chi connectivity index (χ4n) is 3.37. The summed E-state index contributed by atoms with van der Waals surface area (Å²) in [6, 6.07) is 17.5. The van der Waals surface area contributed by atoms with Gasteiger partial charge in [-0.25, -0.2) is 0 Å². The maximum Gasteiger partial charge on any atom is 0.291 e. The van der Waals surface area contributed by atoms with Gasteiger partial charge >= 0.3 is 0 Å². The lowest BCUT2D eigenvalue weighted by Gasteiger charge is -2.22. The van der Waals surface area contributed by atoms with E-state index in [1.165, 1.54) is 31.4 Å². The van der Waals surface area contributed by atoms with Crippen molar-refractivity contribution in [1.82, 2.24) is 0 Å². The Morgan fingerprint density at radius 2 is 1.64 bits per heavy atom. The predicted molar refractivity (Wildman–Crippen MR) is 101 cm³/mol. The van der Waals surface area contributed by atoms with Gasteiger partial charge in [-0.15, -0.1) is 0 Å². The zero-order valence-electron chi connectivity index (χ0n) is 14.2. The number of nitrogens with one attached hydrogen (secondary N) is 1. The molecule has 4 nitrogen and oxygen atoms in total. The van der Waals surface area contributed by atoms with Crippen molar-refractivity contribution in [2.24, 2.45) is 0 Å². The number of nitrogens with zero attached hydrogens (tertiary/aromatic N) is 1. The molecule has 1 fully saturated rings. The summed E-state index contributed by atoms with van der Waals surface area (Å²) in [5.41, 5.74) is 2.73. The van der Waals surface area contributed by atoms with Crippen LogP contribution in [0.25, 0.3) is 11.0 Å². The molecule has 2 heterocycles. The van der Waals surface area contributed by atoms with Crippen LogP contribution in [0.3, 0.4) is 0 Å². The van der Waals surface area contributed by atoms with Crippen molar-refractivity contribution in [3.05, 3.63) is 60.4 Å². The number of fused-ring (bicyclic) bond motifs is 1. The van der Waals surface area contributed by atoms with E-state index in [1.807, 2.05) is 36.4 Å². The molecule has 1 N–H and O–H groups in total. The first kappa shape index (κ1) is 15.8. The van der Waals surface area contributed by atoms with E-state index in [0.717, 1.165) is 29.7 Å². The molecule has 1 aliphatic heterocycles. The molecule has 1 amide bonds. The van der Waals surface area contributed by atoms with Crippen LogP contribution in [0.15, 0.2) is 59.0 Å². The highest BCUT2D eigenvalue weighted by Gasteiger charge is 2.13. The van der Waals surface area contributed by atoms with Crippen LogP contribution < -0.4 is 10.2 Å². The fraction of sp³-hybridized carbons (Fsp3) is 0.286. The van der Waals surface area contributed by atoms with Gasteiger partial charge < -0.3 is 14.6 Å². The zero-order valence-corrected chi connectivity index (χ0v) is 14.2. The number of anilines is 2. The summed E-state index contributed by atoms with van der Waals surface area (Å²) in [4.78, 5) is 14.8. The molecule has 4 rings (SSSR count). The highest BCUT2D eigenvalue weighted by Crippen LogP contribution is 2.23. The molecule has 0 bridgehead atoms. The van der Waals surface area contributed by atoms with Crippen molar-refractivity contribution in [2.45, 2.75) is 25.7 Å². The summed E-state index contributed by atoms with van der Waals surface area (Å²) in [7, 11) is 0. The minimum Gasteiger partial charge on any atom is -0.451 e. The fourth-order valence-corrected chi connectivity index (χ4v) is 3.37. The van der Waals surface area contributed by atoms with Gasteiger partial charge in [-0.05, 0) is 49.2 Å². The Morgan fingerprint density at radius 3 is 2.36 bits per heavy atom. The monoisotopic (exact) mass is 334 g/mol. The van der Waals surface area contributed by atoms with Gasteiger partial charge in [0.25, 0.3) is 5.91 Å². The molecule has 0 aliphatic carbocycles. The van der Waals surface area contributed by atoms with Crippen molar-refractivity contribution in [1.29, 1.82) is 0 Å². The predicted octanol–water partition coefficient (Wildman–Crippen LogP) is 5.07. The molecule has 4 heteroatoms. The molecule has 1 saturated heterocycles. The molecule has 0 spiro atoms. The number of carbonyl (C=O) groups is 1. The number of rotatable bonds is 3. The molecule has 1 aromatic heterocycles. The topological polar surface area (TPSA) is 45.5 Å². The van der Waals surface area contributed by atoms with E-state index in [0.29, 0.717) is 5.76 Å². The van der Waals surface area contributed by atoms with Gasteiger partial charge in [0.05, 0.1) is 0 Å². The Balaban J connectivity index is 1.45. The molecular formula is C21H22N2O2. The molecule has 3 aromatic rings. The summed E-state index contributed by atoms with van der Waals surface area (Å²) in [5, 5.41) is 3.84. The Labute approximate surface area is 147 Å². The average Bonchev–Trinajstić information content (AvgIpc) is 2.89. The van der Waals surface area contributed by atoms with Gasteiger partial charge in [-0.1, -0.05) is 31.0 Å². The number of hydrogen-bond donors (Lipinski definition) is 1. The van der Waals surface area contributed by atoms with Crippen LogP contribution in [-0.4, -0.2) is 19.0 Å². The van der Waals surface area contributed by atoms with Gasteiger partial charge in [-0.2, -0.15) is 0 Å². The maximum absolute atomic E-state index is 12.4. The van der Waals surface area contributed by atoms with Crippen LogP contribution in [-0.2, 0) is 0 Å². The molecule has 0 unspecified atom stereocenters. The number of carbonyl (C=O) groups excluding carboxylic acids is 1. The second-order valence-electron chi connectivity index (χ2n) is 6.55. The minimum absolute atomic E-state index is 0.223. The maximum atomic E-state index is 12.4. The molecule has 25 heavy (non-hydrogen) atoms. The van der Waals surface area contributed by atoms with Crippen LogP contribution in [0.2, 0.25) is 0 Å². The van der Waals surface area contributed by atoms with Gasteiger partial charge in [0.1, 0.15) is 5.58 Å². The largest absolute Gasteiger partial charge is 0.451 e. The van der Waals surface area contributed by atoms with Crippen LogP contribution >= 0.6 is 0 Å². The third-order valence-electron chi connectivity index (χ3n) is 4.75. The summed E-state index contributed by atoms with van der Waals surface area (Å²) in [5.74, 6) is 0.108. The standard InChI is InChI=1S/C21H22N2O2/c24-21(20-15-16-7-3-4-8-19(16)25-20)22-17-9-11-18(12-10-17)23-13-5-1-2-6-14-23/h3-4,7-12,15H,1-2,5-6,13-14H2,(H,22,24). The highest BCUT2D eigenvalue weighted by molar-refractivity contribution is 6.04. The molecule has 0 radical (unpaired) electrons. The zero-order chi connectivity index (χ0) is 17.1. The summed E-state index contributed by atoms with van der Waals surface area (Å²) < 4.78 is 5.61. The lowest BCUT2D eigenvalue weighted by Crippen LogP contribution is -2.23. The van der Waals surface area contributed by atoms with E-state index in [9.17, 15) is 4.79 Å². The SMILES string of the molecule is O=C(Nc1ccc(N2CCCCCC2)cc1)c1cc2ccccc2o1. The second kappa shape index (κ2) is 7.01. The van der Waals surface area contributed by atoms with Crippen molar-refractivity contribution >= 4 is 28.3 Å². The Bertz CT molecular complexity index is 826. The first-order valence-corrected chi connectivity index (χ1v) is 8.94. The van der Waals surface area contributed by atoms with Gasteiger partial charge in [0, 0.05) is 29.9 Å². The Morgan fingerprint density at radius 1 is 0.920 bits per heavy atom. The van der Waals surface area contributed by atoms with E-state index in [-0.39, 0.29) is 5.91 Å². The summed E-state index contributed by atoms with van der Waals surface area (Å²) in [6.45, 7) is 2.23. The Kier molecular flexibility index (Phi) is 4.42. The normalized spacial score (nSPS) is 15.1. The number of benzene rings is 2. The second-order valence-corrected chi connectivity index (χ2v) is 6.55. The van der Waals surface area contributed by atoms with Crippen LogP contribution in [0.5, 0.6) is 0 Å².